The minimum absolute atomic E-state index is 0.0214. The van der Waals surface area contributed by atoms with Crippen molar-refractivity contribution in [1.29, 1.82) is 0 Å². The van der Waals surface area contributed by atoms with Crippen LogP contribution in [-0.4, -0.2) is 41.5 Å². The summed E-state index contributed by atoms with van der Waals surface area (Å²) >= 11 is 0. The van der Waals surface area contributed by atoms with Crippen LogP contribution in [0.25, 0.3) is 0 Å². The van der Waals surface area contributed by atoms with Gasteiger partial charge in [-0.3, -0.25) is 4.79 Å². The number of rotatable bonds is 5. The van der Waals surface area contributed by atoms with Crippen molar-refractivity contribution >= 4 is 23.4 Å². The van der Waals surface area contributed by atoms with E-state index in [2.05, 4.69) is 24.1 Å². The van der Waals surface area contributed by atoms with E-state index in [9.17, 15) is 22.8 Å². The molecule has 1 aliphatic rings. The number of likely N-dealkylation sites (tertiary alicyclic amines) is 1. The molecule has 0 bridgehead atoms. The topological polar surface area (TPSA) is 71.5 Å². The van der Waals surface area contributed by atoms with E-state index in [1.807, 2.05) is 0 Å². The first-order valence-electron chi connectivity index (χ1n) is 9.97. The third-order valence-corrected chi connectivity index (χ3v) is 5.03. The average molecular weight is 435 g/mol. The molecule has 0 spiro atoms. The van der Waals surface area contributed by atoms with E-state index >= 15 is 0 Å². The second kappa shape index (κ2) is 9.36. The first kappa shape index (κ1) is 22.6. The third kappa shape index (κ3) is 5.96. The van der Waals surface area contributed by atoms with E-state index < -0.39 is 24.3 Å². The number of alkyl halides is 3. The summed E-state index contributed by atoms with van der Waals surface area (Å²) in [7, 11) is 0. The molecule has 1 fully saturated rings. The Kier molecular flexibility index (Phi) is 6.82. The first-order chi connectivity index (χ1) is 14.6. The molecule has 9 heteroatoms. The van der Waals surface area contributed by atoms with Crippen molar-refractivity contribution in [3.05, 3.63) is 53.7 Å². The van der Waals surface area contributed by atoms with Gasteiger partial charge in [-0.15, -0.1) is 0 Å². The number of aromatic nitrogens is 1. The lowest BCUT2D eigenvalue weighted by atomic mass is 9.92. The molecule has 6 nitrogen and oxygen atoms in total. The van der Waals surface area contributed by atoms with Crippen molar-refractivity contribution < 1.29 is 27.5 Å². The van der Waals surface area contributed by atoms with Crippen LogP contribution in [0.15, 0.2) is 42.6 Å². The van der Waals surface area contributed by atoms with E-state index in [0.717, 1.165) is 18.6 Å². The molecule has 1 aromatic carbocycles. The second-order valence-electron chi connectivity index (χ2n) is 7.92. The normalized spacial score (nSPS) is 19.1. The lowest BCUT2D eigenvalue weighted by Gasteiger charge is -2.34. The minimum Gasteiger partial charge on any atom is -0.452 e. The summed E-state index contributed by atoms with van der Waals surface area (Å²) in [5.74, 6) is -0.258. The molecule has 0 aliphatic carbocycles. The number of anilines is 2. The second-order valence-corrected chi connectivity index (χ2v) is 7.92. The molecule has 0 saturated carbocycles. The Balaban J connectivity index is 1.67. The number of pyridine rings is 1. The summed E-state index contributed by atoms with van der Waals surface area (Å²) < 4.78 is 44.0. The number of hydrogen-bond donors (Lipinski definition) is 1. The maximum absolute atomic E-state index is 12.9. The summed E-state index contributed by atoms with van der Waals surface area (Å²) in [6, 6.07) is 7.50. The highest BCUT2D eigenvalue weighted by Crippen LogP contribution is 2.31. The van der Waals surface area contributed by atoms with Gasteiger partial charge in [-0.25, -0.2) is 9.78 Å². The summed E-state index contributed by atoms with van der Waals surface area (Å²) in [5, 5.41) is 2.72. The number of hydrogen-bond acceptors (Lipinski definition) is 5. The highest BCUT2D eigenvalue weighted by molar-refractivity contribution is 5.96. The van der Waals surface area contributed by atoms with Crippen LogP contribution in [0.2, 0.25) is 0 Å². The largest absolute Gasteiger partial charge is 0.452 e. The molecule has 2 heterocycles. The maximum atomic E-state index is 12.9. The van der Waals surface area contributed by atoms with Crippen LogP contribution in [0, 0.1) is 11.8 Å². The summed E-state index contributed by atoms with van der Waals surface area (Å²) in [6.07, 6.45) is -2.05. The van der Waals surface area contributed by atoms with Gasteiger partial charge < -0.3 is 15.0 Å². The van der Waals surface area contributed by atoms with Crippen molar-refractivity contribution in [2.24, 2.45) is 11.8 Å². The van der Waals surface area contributed by atoms with E-state index in [0.29, 0.717) is 24.9 Å². The van der Waals surface area contributed by atoms with Crippen molar-refractivity contribution in [3.8, 4) is 0 Å². The number of halogens is 3. The zero-order valence-electron chi connectivity index (χ0n) is 17.3. The molecular weight excluding hydrogens is 411 g/mol. The Morgan fingerprint density at radius 3 is 2.55 bits per heavy atom. The van der Waals surface area contributed by atoms with Crippen LogP contribution in [0.5, 0.6) is 0 Å². The van der Waals surface area contributed by atoms with E-state index in [4.69, 9.17) is 4.74 Å². The molecule has 1 aliphatic heterocycles. The molecule has 3 rings (SSSR count). The Morgan fingerprint density at radius 1 is 1.16 bits per heavy atom. The molecule has 1 saturated heterocycles. The number of nitrogens with one attached hydrogen (secondary N) is 1. The number of amides is 1. The van der Waals surface area contributed by atoms with Crippen LogP contribution in [-0.2, 0) is 15.7 Å². The van der Waals surface area contributed by atoms with Gasteiger partial charge >= 0.3 is 12.1 Å². The van der Waals surface area contributed by atoms with Gasteiger partial charge in [-0.2, -0.15) is 13.2 Å². The number of benzene rings is 1. The fourth-order valence-electron chi connectivity index (χ4n) is 3.74. The van der Waals surface area contributed by atoms with E-state index in [1.54, 1.807) is 4.90 Å². The molecule has 31 heavy (non-hydrogen) atoms. The quantitative estimate of drug-likeness (QED) is 0.700. The number of carbonyl (C=O) groups is 2. The highest BCUT2D eigenvalue weighted by atomic mass is 19.4. The standard InChI is InChI=1S/C22H24F3N3O3/c1-14-9-15(2)12-28(11-14)19(29)13-31-21(30)18-7-4-8-26-20(18)27-17-6-3-5-16(10-17)22(23,24)25/h3-8,10,14-15H,9,11-13H2,1-2H3,(H,26,27)/t14-,15-/m0/s1. The number of piperidine rings is 1. The van der Waals surface area contributed by atoms with Gasteiger partial charge in [0.2, 0.25) is 0 Å². The van der Waals surface area contributed by atoms with Gasteiger partial charge in [0.25, 0.3) is 5.91 Å². The zero-order chi connectivity index (χ0) is 22.6. The van der Waals surface area contributed by atoms with Gasteiger partial charge in [0, 0.05) is 25.0 Å². The van der Waals surface area contributed by atoms with Gasteiger partial charge in [0.15, 0.2) is 6.61 Å². The molecule has 1 N–H and O–H groups in total. The number of esters is 1. The van der Waals surface area contributed by atoms with Crippen LogP contribution in [0.1, 0.15) is 36.2 Å². The molecule has 0 unspecified atom stereocenters. The summed E-state index contributed by atoms with van der Waals surface area (Å²) in [4.78, 5) is 30.7. The van der Waals surface area contributed by atoms with Crippen molar-refractivity contribution in [3.63, 3.8) is 0 Å². The maximum Gasteiger partial charge on any atom is 0.416 e. The zero-order valence-corrected chi connectivity index (χ0v) is 17.3. The van der Waals surface area contributed by atoms with Crippen molar-refractivity contribution in [1.82, 2.24) is 9.88 Å². The fourth-order valence-corrected chi connectivity index (χ4v) is 3.74. The van der Waals surface area contributed by atoms with Gasteiger partial charge in [0.1, 0.15) is 11.4 Å². The Hall–Kier alpha value is -3.10. The van der Waals surface area contributed by atoms with Gasteiger partial charge in [-0.05, 0) is 48.6 Å². The number of carbonyl (C=O) groups excluding carboxylic acids is 2. The lowest BCUT2D eigenvalue weighted by molar-refractivity contribution is -0.138. The summed E-state index contributed by atoms with van der Waals surface area (Å²) in [6.45, 7) is 4.98. The molecule has 2 atom stereocenters. The highest BCUT2D eigenvalue weighted by Gasteiger charge is 2.30. The third-order valence-electron chi connectivity index (χ3n) is 5.03. The number of ether oxygens (including phenoxy) is 1. The Morgan fingerprint density at radius 2 is 1.87 bits per heavy atom. The lowest BCUT2D eigenvalue weighted by Crippen LogP contribution is -2.44. The fraction of sp³-hybridized carbons (Fsp3) is 0.409. The SMILES string of the molecule is C[C@H]1C[C@H](C)CN(C(=O)COC(=O)c2cccnc2Nc2cccc(C(F)(F)F)c2)C1. The predicted molar refractivity (Wildman–Crippen MR) is 109 cm³/mol. The molecule has 0 radical (unpaired) electrons. The Labute approximate surface area is 178 Å². The van der Waals surface area contributed by atoms with Crippen LogP contribution >= 0.6 is 0 Å². The van der Waals surface area contributed by atoms with Gasteiger partial charge in [-0.1, -0.05) is 19.9 Å². The molecule has 1 aromatic heterocycles. The van der Waals surface area contributed by atoms with E-state index in [1.165, 1.54) is 30.5 Å². The van der Waals surface area contributed by atoms with Crippen molar-refractivity contribution in [2.75, 3.05) is 25.0 Å². The van der Waals surface area contributed by atoms with Crippen LogP contribution in [0.4, 0.5) is 24.7 Å². The smallest absolute Gasteiger partial charge is 0.416 e. The number of nitrogens with zero attached hydrogens (tertiary/aromatic N) is 2. The van der Waals surface area contributed by atoms with Gasteiger partial charge in [0.05, 0.1) is 5.56 Å². The van der Waals surface area contributed by atoms with Crippen molar-refractivity contribution in [2.45, 2.75) is 26.4 Å². The monoisotopic (exact) mass is 435 g/mol. The Bertz CT molecular complexity index is 939. The average Bonchev–Trinajstić information content (AvgIpc) is 2.71. The molecule has 2 aromatic rings. The van der Waals surface area contributed by atoms with Crippen LogP contribution in [0.3, 0.4) is 0 Å². The molecular formula is C22H24F3N3O3. The molecule has 166 valence electrons. The van der Waals surface area contributed by atoms with E-state index in [-0.39, 0.29) is 23.0 Å². The first-order valence-corrected chi connectivity index (χ1v) is 9.97. The minimum atomic E-state index is -4.49. The predicted octanol–water partition coefficient (Wildman–Crippen LogP) is 4.51. The van der Waals surface area contributed by atoms with Crippen LogP contribution < -0.4 is 5.32 Å². The summed E-state index contributed by atoms with van der Waals surface area (Å²) in [5.41, 5.74) is -0.684. The molecule has 1 amide bonds.